The number of carboxylic acids is 2. The van der Waals surface area contributed by atoms with Crippen molar-refractivity contribution in [2.45, 2.75) is 45.4 Å². The minimum Gasteiger partial charge on any atom is -0.494 e. The van der Waals surface area contributed by atoms with Crippen molar-refractivity contribution in [1.82, 2.24) is 4.90 Å². The van der Waals surface area contributed by atoms with Gasteiger partial charge in [0, 0.05) is 6.54 Å². The van der Waals surface area contributed by atoms with Crippen LogP contribution in [-0.2, 0) is 9.59 Å². The number of likely N-dealkylation sites (tertiary alicyclic amines) is 1. The molecule has 0 spiro atoms. The Bertz CT molecular complexity index is 526. The van der Waals surface area contributed by atoms with Gasteiger partial charge in [-0.2, -0.15) is 0 Å². The Kier molecular flexibility index (Phi) is 9.62. The van der Waals surface area contributed by atoms with Crippen molar-refractivity contribution in [2.24, 2.45) is 0 Å². The van der Waals surface area contributed by atoms with Crippen molar-refractivity contribution in [3.63, 3.8) is 0 Å². The fourth-order valence-electron chi connectivity index (χ4n) is 2.62. The predicted octanol–water partition coefficient (Wildman–Crippen LogP) is 3.22. The number of hydrogen-bond donors (Lipinski definition) is 2. The van der Waals surface area contributed by atoms with E-state index < -0.39 is 11.9 Å². The van der Waals surface area contributed by atoms with Gasteiger partial charge in [-0.1, -0.05) is 32.4 Å². The van der Waals surface area contributed by atoms with E-state index in [9.17, 15) is 0 Å². The van der Waals surface area contributed by atoms with Crippen LogP contribution in [0.5, 0.6) is 5.75 Å². The van der Waals surface area contributed by atoms with Crippen LogP contribution in [0.3, 0.4) is 0 Å². The summed E-state index contributed by atoms with van der Waals surface area (Å²) in [6.45, 7) is 9.01. The van der Waals surface area contributed by atoms with Crippen molar-refractivity contribution < 1.29 is 24.5 Å². The molecule has 6 nitrogen and oxygen atoms in total. The summed E-state index contributed by atoms with van der Waals surface area (Å²) in [5, 5.41) is 14.8. The molecule has 1 aliphatic heterocycles. The van der Waals surface area contributed by atoms with E-state index in [-0.39, 0.29) is 0 Å². The van der Waals surface area contributed by atoms with Crippen LogP contribution >= 0.6 is 0 Å². The van der Waals surface area contributed by atoms with Gasteiger partial charge in [0.1, 0.15) is 5.75 Å². The minimum absolute atomic E-state index is 0.567. The van der Waals surface area contributed by atoms with E-state index in [0.717, 1.165) is 18.8 Å². The molecular weight excluding hydrogens is 322 g/mol. The first-order valence-corrected chi connectivity index (χ1v) is 8.81. The van der Waals surface area contributed by atoms with E-state index in [0.29, 0.717) is 5.92 Å². The third-order valence-corrected chi connectivity index (χ3v) is 4.04. The molecule has 1 aliphatic rings. The Hall–Kier alpha value is -2.08. The fourth-order valence-corrected chi connectivity index (χ4v) is 2.62. The molecule has 1 aromatic rings. The SMILES string of the molecule is CC(C)c1cccc(OCCCN2CCCCC2)c1.O=C(O)C(=O)O. The van der Waals surface area contributed by atoms with E-state index >= 15 is 0 Å². The maximum absolute atomic E-state index is 9.10. The van der Waals surface area contributed by atoms with Gasteiger partial charge in [0.25, 0.3) is 0 Å². The number of hydrogen-bond acceptors (Lipinski definition) is 4. The summed E-state index contributed by atoms with van der Waals surface area (Å²) < 4.78 is 5.86. The van der Waals surface area contributed by atoms with Crippen LogP contribution in [0, 0.1) is 0 Å². The zero-order chi connectivity index (χ0) is 18.7. The Balaban J connectivity index is 0.000000450. The molecule has 1 heterocycles. The lowest BCUT2D eigenvalue weighted by Gasteiger charge is -2.26. The van der Waals surface area contributed by atoms with E-state index in [1.807, 2.05) is 0 Å². The second-order valence-corrected chi connectivity index (χ2v) is 6.44. The second-order valence-electron chi connectivity index (χ2n) is 6.44. The predicted molar refractivity (Wildman–Crippen MR) is 96.2 cm³/mol. The number of piperidine rings is 1. The summed E-state index contributed by atoms with van der Waals surface area (Å²) in [6, 6.07) is 8.50. The molecule has 0 amide bonds. The molecule has 2 rings (SSSR count). The van der Waals surface area contributed by atoms with Gasteiger partial charge in [0.15, 0.2) is 0 Å². The van der Waals surface area contributed by atoms with Gasteiger partial charge in [-0.25, -0.2) is 9.59 Å². The monoisotopic (exact) mass is 351 g/mol. The van der Waals surface area contributed by atoms with Gasteiger partial charge in [-0.15, -0.1) is 0 Å². The Morgan fingerprint density at radius 1 is 1.12 bits per heavy atom. The molecule has 140 valence electrons. The summed E-state index contributed by atoms with van der Waals surface area (Å²) in [7, 11) is 0. The van der Waals surface area contributed by atoms with Gasteiger partial charge in [0.05, 0.1) is 6.61 Å². The van der Waals surface area contributed by atoms with Crippen LogP contribution in [-0.4, -0.2) is 53.3 Å². The number of carbonyl (C=O) groups is 2. The molecule has 0 unspecified atom stereocenters. The molecule has 0 radical (unpaired) electrons. The highest BCUT2D eigenvalue weighted by Crippen LogP contribution is 2.20. The van der Waals surface area contributed by atoms with Crippen LogP contribution in [0.25, 0.3) is 0 Å². The first kappa shape index (κ1) is 21.0. The van der Waals surface area contributed by atoms with Gasteiger partial charge in [-0.3, -0.25) is 0 Å². The normalized spacial score (nSPS) is 14.5. The zero-order valence-electron chi connectivity index (χ0n) is 15.1. The smallest absolute Gasteiger partial charge is 0.414 e. The molecule has 2 N–H and O–H groups in total. The summed E-state index contributed by atoms with van der Waals surface area (Å²) in [5.41, 5.74) is 1.36. The largest absolute Gasteiger partial charge is 0.494 e. The van der Waals surface area contributed by atoms with E-state index in [1.165, 1.54) is 44.5 Å². The Morgan fingerprint density at radius 2 is 1.76 bits per heavy atom. The van der Waals surface area contributed by atoms with E-state index in [4.69, 9.17) is 24.5 Å². The maximum atomic E-state index is 9.10. The quantitative estimate of drug-likeness (QED) is 0.604. The van der Waals surface area contributed by atoms with Crippen molar-refractivity contribution >= 4 is 11.9 Å². The van der Waals surface area contributed by atoms with Crippen LogP contribution < -0.4 is 4.74 Å². The van der Waals surface area contributed by atoms with E-state index in [1.54, 1.807) is 0 Å². The number of ether oxygens (including phenoxy) is 1. The summed E-state index contributed by atoms with van der Waals surface area (Å²) >= 11 is 0. The summed E-state index contributed by atoms with van der Waals surface area (Å²) in [4.78, 5) is 20.8. The van der Waals surface area contributed by atoms with Crippen LogP contribution in [0.15, 0.2) is 24.3 Å². The molecule has 1 fully saturated rings. The van der Waals surface area contributed by atoms with Gasteiger partial charge in [-0.05, 0) is 56.0 Å². The van der Waals surface area contributed by atoms with Crippen LogP contribution in [0.4, 0.5) is 0 Å². The molecule has 0 aromatic heterocycles. The molecule has 25 heavy (non-hydrogen) atoms. The first-order valence-electron chi connectivity index (χ1n) is 8.81. The number of rotatable bonds is 6. The topological polar surface area (TPSA) is 87.1 Å². The second kappa shape index (κ2) is 11.5. The Morgan fingerprint density at radius 3 is 2.32 bits per heavy atom. The highest BCUT2D eigenvalue weighted by molar-refractivity contribution is 6.27. The van der Waals surface area contributed by atoms with Crippen LogP contribution in [0.2, 0.25) is 0 Å². The fraction of sp³-hybridized carbons (Fsp3) is 0.579. The summed E-state index contributed by atoms with van der Waals surface area (Å²) in [6.07, 6.45) is 5.29. The molecule has 1 aromatic carbocycles. The van der Waals surface area contributed by atoms with Crippen molar-refractivity contribution in [1.29, 1.82) is 0 Å². The highest BCUT2D eigenvalue weighted by Gasteiger charge is 2.09. The van der Waals surface area contributed by atoms with Crippen molar-refractivity contribution in [3.05, 3.63) is 29.8 Å². The average Bonchev–Trinajstić information content (AvgIpc) is 2.60. The molecule has 6 heteroatoms. The molecule has 1 saturated heterocycles. The third kappa shape index (κ3) is 9.10. The highest BCUT2D eigenvalue weighted by atomic mass is 16.5. The van der Waals surface area contributed by atoms with Gasteiger partial charge < -0.3 is 19.8 Å². The summed E-state index contributed by atoms with van der Waals surface area (Å²) in [5.74, 6) is -2.06. The van der Waals surface area contributed by atoms with Crippen molar-refractivity contribution in [3.8, 4) is 5.75 Å². The average molecular weight is 351 g/mol. The number of nitrogens with zero attached hydrogens (tertiary/aromatic N) is 1. The van der Waals surface area contributed by atoms with Crippen LogP contribution in [0.1, 0.15) is 51.0 Å². The number of aliphatic carboxylic acids is 2. The standard InChI is InChI=1S/C17H27NO.C2H2O4/c1-15(2)16-8-6-9-17(14-16)19-13-7-12-18-10-4-3-5-11-18;3-1(4)2(5)6/h6,8-9,14-15H,3-5,7,10-13H2,1-2H3;(H,3,4)(H,5,6). The van der Waals surface area contributed by atoms with Crippen molar-refractivity contribution in [2.75, 3.05) is 26.2 Å². The third-order valence-electron chi connectivity index (χ3n) is 4.04. The first-order chi connectivity index (χ1) is 11.9. The maximum Gasteiger partial charge on any atom is 0.414 e. The number of carboxylic acid groups (broad SMARTS) is 2. The molecular formula is C19H29NO5. The lowest BCUT2D eigenvalue weighted by molar-refractivity contribution is -0.159. The minimum atomic E-state index is -1.82. The Labute approximate surface area is 149 Å². The molecule has 0 aliphatic carbocycles. The van der Waals surface area contributed by atoms with Gasteiger partial charge >= 0.3 is 11.9 Å². The lowest BCUT2D eigenvalue weighted by atomic mass is 10.0. The van der Waals surface area contributed by atoms with E-state index in [2.05, 4.69) is 43.0 Å². The molecule has 0 bridgehead atoms. The molecule has 0 atom stereocenters. The lowest BCUT2D eigenvalue weighted by Crippen LogP contribution is -2.31. The molecule has 0 saturated carbocycles. The number of benzene rings is 1. The zero-order valence-corrected chi connectivity index (χ0v) is 15.1. The van der Waals surface area contributed by atoms with Gasteiger partial charge in [0.2, 0.25) is 0 Å².